The highest BCUT2D eigenvalue weighted by atomic mass is 35.5. The predicted molar refractivity (Wildman–Crippen MR) is 101 cm³/mol. The van der Waals surface area contributed by atoms with Gasteiger partial charge in [-0.2, -0.15) is 4.98 Å². The van der Waals surface area contributed by atoms with Crippen molar-refractivity contribution in [3.63, 3.8) is 0 Å². The Kier molecular flexibility index (Phi) is 5.11. The Labute approximate surface area is 150 Å². The molecule has 0 saturated carbocycles. The lowest BCUT2D eigenvalue weighted by Crippen LogP contribution is -2.05. The van der Waals surface area contributed by atoms with Crippen molar-refractivity contribution in [2.24, 2.45) is 0 Å². The molecule has 0 fully saturated rings. The van der Waals surface area contributed by atoms with Crippen LogP contribution in [-0.2, 0) is 4.79 Å². The molecular weight excluding hydrogens is 338 g/mol. The van der Waals surface area contributed by atoms with Gasteiger partial charge in [0, 0.05) is 35.2 Å². The predicted octanol–water partition coefficient (Wildman–Crippen LogP) is 4.58. The van der Waals surface area contributed by atoms with Crippen LogP contribution in [0.4, 0.5) is 28.8 Å². The fraction of sp³-hybridized carbons (Fsp3) is 0.0556. The molecule has 0 aliphatic rings. The van der Waals surface area contributed by atoms with Crippen LogP contribution >= 0.6 is 11.6 Å². The molecule has 6 nitrogen and oxygen atoms in total. The van der Waals surface area contributed by atoms with Crippen LogP contribution in [0.3, 0.4) is 0 Å². The van der Waals surface area contributed by atoms with Gasteiger partial charge in [-0.1, -0.05) is 17.7 Å². The van der Waals surface area contributed by atoms with Gasteiger partial charge in [-0.25, -0.2) is 4.98 Å². The number of amides is 1. The molecule has 0 atom stereocenters. The first kappa shape index (κ1) is 16.7. The molecule has 126 valence electrons. The van der Waals surface area contributed by atoms with E-state index in [1.807, 2.05) is 36.4 Å². The van der Waals surface area contributed by atoms with Crippen LogP contribution in [-0.4, -0.2) is 15.9 Å². The third-order valence-corrected chi connectivity index (χ3v) is 3.45. The summed E-state index contributed by atoms with van der Waals surface area (Å²) in [6.07, 6.45) is 1.66. The van der Waals surface area contributed by atoms with Crippen molar-refractivity contribution < 1.29 is 4.79 Å². The molecule has 3 N–H and O–H groups in total. The van der Waals surface area contributed by atoms with Crippen LogP contribution in [0.1, 0.15) is 6.92 Å². The van der Waals surface area contributed by atoms with Crippen molar-refractivity contribution in [3.8, 4) is 0 Å². The zero-order chi connectivity index (χ0) is 17.6. The molecule has 0 aliphatic heterocycles. The molecule has 1 aromatic heterocycles. The molecular formula is C18H16ClN5O. The lowest BCUT2D eigenvalue weighted by atomic mass is 10.3. The SMILES string of the molecule is CC(=O)Nc1ccc(Nc2nccc(Nc3cccc(Cl)c3)n2)cc1. The van der Waals surface area contributed by atoms with E-state index in [0.29, 0.717) is 16.8 Å². The second-order valence-electron chi connectivity index (χ2n) is 5.28. The maximum Gasteiger partial charge on any atom is 0.229 e. The smallest absolute Gasteiger partial charge is 0.229 e. The van der Waals surface area contributed by atoms with Gasteiger partial charge in [-0.3, -0.25) is 4.79 Å². The molecule has 7 heteroatoms. The Morgan fingerprint density at radius 3 is 2.44 bits per heavy atom. The molecule has 0 bridgehead atoms. The van der Waals surface area contributed by atoms with Crippen molar-refractivity contribution in [1.82, 2.24) is 9.97 Å². The summed E-state index contributed by atoms with van der Waals surface area (Å²) in [5, 5.41) is 9.67. The van der Waals surface area contributed by atoms with Crippen molar-refractivity contribution in [1.29, 1.82) is 0 Å². The summed E-state index contributed by atoms with van der Waals surface area (Å²) in [6.45, 7) is 1.47. The van der Waals surface area contributed by atoms with Gasteiger partial charge < -0.3 is 16.0 Å². The number of nitrogens with zero attached hydrogens (tertiary/aromatic N) is 2. The Hall–Kier alpha value is -3.12. The number of halogens is 1. The third kappa shape index (κ3) is 4.92. The van der Waals surface area contributed by atoms with Crippen LogP contribution in [0, 0.1) is 0 Å². The minimum absolute atomic E-state index is 0.108. The number of hydrogen-bond donors (Lipinski definition) is 3. The van der Waals surface area contributed by atoms with E-state index in [1.165, 1.54) is 6.92 Å². The number of carbonyl (C=O) groups is 1. The summed E-state index contributed by atoms with van der Waals surface area (Å²) in [4.78, 5) is 19.7. The van der Waals surface area contributed by atoms with Crippen LogP contribution in [0.2, 0.25) is 5.02 Å². The van der Waals surface area contributed by atoms with Crippen LogP contribution < -0.4 is 16.0 Å². The molecule has 0 radical (unpaired) electrons. The standard InChI is InChI=1S/C18H16ClN5O/c1-12(25)21-14-5-7-15(8-6-14)23-18-20-10-9-17(24-18)22-16-4-2-3-13(19)11-16/h2-11H,1H3,(H,21,25)(H2,20,22,23,24). The fourth-order valence-electron chi connectivity index (χ4n) is 2.17. The van der Waals surface area contributed by atoms with E-state index in [4.69, 9.17) is 11.6 Å². The number of rotatable bonds is 5. The fourth-order valence-corrected chi connectivity index (χ4v) is 2.36. The van der Waals surface area contributed by atoms with E-state index in [1.54, 1.807) is 24.4 Å². The van der Waals surface area contributed by atoms with Gasteiger partial charge in [0.25, 0.3) is 0 Å². The summed E-state index contributed by atoms with van der Waals surface area (Å²) in [7, 11) is 0. The molecule has 3 rings (SSSR count). The lowest BCUT2D eigenvalue weighted by molar-refractivity contribution is -0.114. The van der Waals surface area contributed by atoms with E-state index in [0.717, 1.165) is 17.1 Å². The highest BCUT2D eigenvalue weighted by molar-refractivity contribution is 6.30. The topological polar surface area (TPSA) is 78.9 Å². The first-order chi connectivity index (χ1) is 12.1. The largest absolute Gasteiger partial charge is 0.340 e. The molecule has 0 spiro atoms. The monoisotopic (exact) mass is 353 g/mol. The number of carbonyl (C=O) groups excluding carboxylic acids is 1. The normalized spacial score (nSPS) is 10.2. The first-order valence-electron chi connectivity index (χ1n) is 7.59. The molecule has 25 heavy (non-hydrogen) atoms. The van der Waals surface area contributed by atoms with Gasteiger partial charge >= 0.3 is 0 Å². The second-order valence-corrected chi connectivity index (χ2v) is 5.72. The Balaban J connectivity index is 1.70. The molecule has 3 aromatic rings. The van der Waals surface area contributed by atoms with Crippen molar-refractivity contribution in [2.45, 2.75) is 6.92 Å². The summed E-state index contributed by atoms with van der Waals surface area (Å²) in [6, 6.07) is 16.4. The van der Waals surface area contributed by atoms with Gasteiger partial charge in [-0.15, -0.1) is 0 Å². The number of aromatic nitrogens is 2. The van der Waals surface area contributed by atoms with Gasteiger partial charge in [0.15, 0.2) is 0 Å². The zero-order valence-corrected chi connectivity index (χ0v) is 14.2. The quantitative estimate of drug-likeness (QED) is 0.626. The summed E-state index contributed by atoms with van der Waals surface area (Å²) < 4.78 is 0. The van der Waals surface area contributed by atoms with Crippen LogP contribution in [0.5, 0.6) is 0 Å². The van der Waals surface area contributed by atoms with Crippen molar-refractivity contribution in [2.75, 3.05) is 16.0 Å². The summed E-state index contributed by atoms with van der Waals surface area (Å²) in [5.41, 5.74) is 2.39. The van der Waals surface area contributed by atoms with E-state index in [-0.39, 0.29) is 5.91 Å². The van der Waals surface area contributed by atoms with Crippen LogP contribution in [0.25, 0.3) is 0 Å². The molecule has 2 aromatic carbocycles. The minimum atomic E-state index is -0.108. The lowest BCUT2D eigenvalue weighted by Gasteiger charge is -2.09. The van der Waals surface area contributed by atoms with Gasteiger partial charge in [0.2, 0.25) is 11.9 Å². The maximum atomic E-state index is 11.0. The van der Waals surface area contributed by atoms with Crippen molar-refractivity contribution in [3.05, 3.63) is 65.8 Å². The Morgan fingerprint density at radius 1 is 0.960 bits per heavy atom. The minimum Gasteiger partial charge on any atom is -0.340 e. The van der Waals surface area contributed by atoms with Gasteiger partial charge in [0.1, 0.15) is 5.82 Å². The maximum absolute atomic E-state index is 11.0. The highest BCUT2D eigenvalue weighted by Gasteiger charge is 2.02. The summed E-state index contributed by atoms with van der Waals surface area (Å²) in [5.74, 6) is 0.998. The number of hydrogen-bond acceptors (Lipinski definition) is 5. The molecule has 1 heterocycles. The van der Waals surface area contributed by atoms with Crippen LogP contribution in [0.15, 0.2) is 60.8 Å². The Morgan fingerprint density at radius 2 is 1.72 bits per heavy atom. The number of nitrogens with one attached hydrogen (secondary N) is 3. The second kappa shape index (κ2) is 7.63. The average molecular weight is 354 g/mol. The third-order valence-electron chi connectivity index (χ3n) is 3.21. The molecule has 0 aliphatic carbocycles. The van der Waals surface area contributed by atoms with Gasteiger partial charge in [0.05, 0.1) is 0 Å². The van der Waals surface area contributed by atoms with E-state index in [9.17, 15) is 4.79 Å². The zero-order valence-electron chi connectivity index (χ0n) is 13.5. The van der Waals surface area contributed by atoms with E-state index in [2.05, 4.69) is 25.9 Å². The number of anilines is 5. The molecule has 0 saturated heterocycles. The Bertz CT molecular complexity index is 883. The number of benzene rings is 2. The van der Waals surface area contributed by atoms with Crippen molar-refractivity contribution >= 4 is 46.3 Å². The van der Waals surface area contributed by atoms with E-state index < -0.39 is 0 Å². The molecule has 0 unspecified atom stereocenters. The average Bonchev–Trinajstić information content (AvgIpc) is 2.57. The highest BCUT2D eigenvalue weighted by Crippen LogP contribution is 2.21. The summed E-state index contributed by atoms with van der Waals surface area (Å²) >= 11 is 5.98. The first-order valence-corrected chi connectivity index (χ1v) is 7.96. The molecule has 1 amide bonds. The van der Waals surface area contributed by atoms with E-state index >= 15 is 0 Å². The van der Waals surface area contributed by atoms with Gasteiger partial charge in [-0.05, 0) is 48.5 Å².